The zero-order valence-electron chi connectivity index (χ0n) is 13.7. The van der Waals surface area contributed by atoms with Crippen LogP contribution in [0.15, 0.2) is 41.2 Å². The minimum absolute atomic E-state index is 0.131. The summed E-state index contributed by atoms with van der Waals surface area (Å²) in [5, 5.41) is 12.0. The standard InChI is InChI=1S/C19H17NO4/c1-20-17-10-6-4-5-7-11(10)18(21)16(17)12-8-14(23-2)15(24-3)9-13(12)19(20)22/h4-9,18,21H,1-3H3. The van der Waals surface area contributed by atoms with Crippen LogP contribution >= 0.6 is 0 Å². The Balaban J connectivity index is 2.19. The molecular weight excluding hydrogens is 306 g/mol. The number of rotatable bonds is 2. The van der Waals surface area contributed by atoms with E-state index in [4.69, 9.17) is 9.47 Å². The van der Waals surface area contributed by atoms with Crippen LogP contribution in [0.25, 0.3) is 22.0 Å². The molecule has 0 aliphatic heterocycles. The van der Waals surface area contributed by atoms with Crippen molar-refractivity contribution >= 4 is 10.8 Å². The molecule has 5 nitrogen and oxygen atoms in total. The van der Waals surface area contributed by atoms with Gasteiger partial charge < -0.3 is 19.1 Å². The lowest BCUT2D eigenvalue weighted by molar-refractivity contribution is 0.226. The molecule has 24 heavy (non-hydrogen) atoms. The normalized spacial score (nSPS) is 15.2. The number of fused-ring (bicyclic) bond motifs is 5. The molecule has 1 unspecified atom stereocenters. The second-order valence-corrected chi connectivity index (χ2v) is 5.87. The highest BCUT2D eigenvalue weighted by atomic mass is 16.5. The second kappa shape index (κ2) is 5.11. The van der Waals surface area contributed by atoms with E-state index < -0.39 is 6.10 Å². The van der Waals surface area contributed by atoms with E-state index in [-0.39, 0.29) is 5.56 Å². The molecule has 2 aromatic carbocycles. The topological polar surface area (TPSA) is 60.7 Å². The Bertz CT molecular complexity index is 1040. The summed E-state index contributed by atoms with van der Waals surface area (Å²) in [6, 6.07) is 11.0. The van der Waals surface area contributed by atoms with Crippen molar-refractivity contribution < 1.29 is 14.6 Å². The number of pyridine rings is 1. The van der Waals surface area contributed by atoms with Gasteiger partial charge in [-0.25, -0.2) is 0 Å². The van der Waals surface area contributed by atoms with Crippen LogP contribution in [0.5, 0.6) is 11.5 Å². The van der Waals surface area contributed by atoms with Gasteiger partial charge in [-0.3, -0.25) is 4.79 Å². The van der Waals surface area contributed by atoms with Gasteiger partial charge in [0, 0.05) is 18.2 Å². The van der Waals surface area contributed by atoms with Crippen LogP contribution in [0.1, 0.15) is 17.2 Å². The van der Waals surface area contributed by atoms with Gasteiger partial charge in [0.05, 0.1) is 25.3 Å². The lowest BCUT2D eigenvalue weighted by atomic mass is 10.0. The van der Waals surface area contributed by atoms with Crippen molar-refractivity contribution in [3.63, 3.8) is 0 Å². The summed E-state index contributed by atoms with van der Waals surface area (Å²) in [5.41, 5.74) is 3.05. The zero-order valence-corrected chi connectivity index (χ0v) is 13.7. The van der Waals surface area contributed by atoms with Gasteiger partial charge in [0.2, 0.25) is 0 Å². The predicted octanol–water partition coefficient (Wildman–Crippen LogP) is 2.62. The van der Waals surface area contributed by atoms with Gasteiger partial charge >= 0.3 is 0 Å². The minimum atomic E-state index is -0.774. The largest absolute Gasteiger partial charge is 0.493 e. The highest BCUT2D eigenvalue weighted by molar-refractivity contribution is 5.95. The van der Waals surface area contributed by atoms with Gasteiger partial charge in [0.15, 0.2) is 11.5 Å². The number of aromatic nitrogens is 1. The summed E-state index contributed by atoms with van der Waals surface area (Å²) in [6.07, 6.45) is -0.774. The Labute approximate surface area is 138 Å². The fourth-order valence-corrected chi connectivity index (χ4v) is 3.58. The van der Waals surface area contributed by atoms with Crippen molar-refractivity contribution in [2.75, 3.05) is 14.2 Å². The molecule has 0 radical (unpaired) electrons. The molecule has 1 heterocycles. The predicted molar refractivity (Wildman–Crippen MR) is 91.8 cm³/mol. The molecule has 1 aromatic heterocycles. The Kier molecular flexibility index (Phi) is 3.15. The molecular formula is C19H17NO4. The molecule has 0 amide bonds. The number of nitrogens with zero attached hydrogens (tertiary/aromatic N) is 1. The molecule has 0 saturated carbocycles. The molecule has 1 aliphatic carbocycles. The molecule has 5 heteroatoms. The highest BCUT2D eigenvalue weighted by Gasteiger charge is 2.32. The molecule has 0 fully saturated rings. The van der Waals surface area contributed by atoms with E-state index in [0.29, 0.717) is 22.3 Å². The van der Waals surface area contributed by atoms with Crippen molar-refractivity contribution in [2.45, 2.75) is 6.10 Å². The molecule has 0 bridgehead atoms. The second-order valence-electron chi connectivity index (χ2n) is 5.87. The van der Waals surface area contributed by atoms with Gasteiger partial charge in [0.1, 0.15) is 6.10 Å². The first-order valence-corrected chi connectivity index (χ1v) is 7.64. The molecule has 0 spiro atoms. The van der Waals surface area contributed by atoms with E-state index >= 15 is 0 Å². The van der Waals surface area contributed by atoms with E-state index in [9.17, 15) is 9.90 Å². The maximum absolute atomic E-state index is 12.9. The first-order valence-electron chi connectivity index (χ1n) is 7.64. The average Bonchev–Trinajstić information content (AvgIpc) is 2.92. The smallest absolute Gasteiger partial charge is 0.258 e. The quantitative estimate of drug-likeness (QED) is 0.787. The number of aliphatic hydroxyl groups excluding tert-OH is 1. The summed E-state index contributed by atoms with van der Waals surface area (Å²) >= 11 is 0. The minimum Gasteiger partial charge on any atom is -0.493 e. The lowest BCUT2D eigenvalue weighted by Crippen LogP contribution is -2.20. The first kappa shape index (κ1) is 14.8. The Hall–Kier alpha value is -2.79. The SMILES string of the molecule is COc1cc2c3c(n(C)c(=O)c2cc1OC)-c1ccccc1C3O. The number of aliphatic hydroxyl groups is 1. The molecule has 0 saturated heterocycles. The average molecular weight is 323 g/mol. The van der Waals surface area contributed by atoms with Crippen LogP contribution in [0.3, 0.4) is 0 Å². The van der Waals surface area contributed by atoms with Gasteiger partial charge in [-0.05, 0) is 23.1 Å². The number of hydrogen-bond acceptors (Lipinski definition) is 4. The van der Waals surface area contributed by atoms with Gasteiger partial charge in [-0.2, -0.15) is 0 Å². The van der Waals surface area contributed by atoms with Crippen LogP contribution in [0, 0.1) is 0 Å². The van der Waals surface area contributed by atoms with E-state index in [1.54, 1.807) is 30.9 Å². The molecule has 122 valence electrons. The van der Waals surface area contributed by atoms with E-state index in [0.717, 1.165) is 22.4 Å². The van der Waals surface area contributed by atoms with Crippen molar-refractivity contribution in [3.05, 3.63) is 57.9 Å². The summed E-state index contributed by atoms with van der Waals surface area (Å²) in [5.74, 6) is 1.02. The summed E-state index contributed by atoms with van der Waals surface area (Å²) in [6.45, 7) is 0. The Morgan fingerprint density at radius 1 is 1.04 bits per heavy atom. The molecule has 1 N–H and O–H groups in total. The van der Waals surface area contributed by atoms with Crippen molar-refractivity contribution in [3.8, 4) is 22.8 Å². The van der Waals surface area contributed by atoms with Gasteiger partial charge in [-0.15, -0.1) is 0 Å². The zero-order chi connectivity index (χ0) is 17.0. The van der Waals surface area contributed by atoms with E-state index in [1.807, 2.05) is 24.3 Å². The van der Waals surface area contributed by atoms with Crippen molar-refractivity contribution in [1.82, 2.24) is 4.57 Å². The van der Waals surface area contributed by atoms with Crippen molar-refractivity contribution in [1.29, 1.82) is 0 Å². The van der Waals surface area contributed by atoms with E-state index in [2.05, 4.69) is 0 Å². The van der Waals surface area contributed by atoms with Gasteiger partial charge in [-0.1, -0.05) is 24.3 Å². The highest BCUT2D eigenvalue weighted by Crippen LogP contribution is 2.46. The number of benzene rings is 2. The third-order valence-electron chi connectivity index (χ3n) is 4.72. The maximum Gasteiger partial charge on any atom is 0.258 e. The summed E-state index contributed by atoms with van der Waals surface area (Å²) < 4.78 is 12.3. The summed E-state index contributed by atoms with van der Waals surface area (Å²) in [7, 11) is 4.81. The summed E-state index contributed by atoms with van der Waals surface area (Å²) in [4.78, 5) is 12.9. The van der Waals surface area contributed by atoms with Crippen LogP contribution in [0.2, 0.25) is 0 Å². The van der Waals surface area contributed by atoms with E-state index in [1.165, 1.54) is 7.11 Å². The van der Waals surface area contributed by atoms with Crippen molar-refractivity contribution in [2.24, 2.45) is 7.05 Å². The third kappa shape index (κ3) is 1.76. The Morgan fingerprint density at radius 2 is 1.67 bits per heavy atom. The first-order chi connectivity index (χ1) is 11.6. The molecule has 1 aliphatic rings. The molecule has 1 atom stereocenters. The Morgan fingerprint density at radius 3 is 2.33 bits per heavy atom. The fourth-order valence-electron chi connectivity index (χ4n) is 3.58. The monoisotopic (exact) mass is 323 g/mol. The lowest BCUT2D eigenvalue weighted by Gasteiger charge is -2.15. The van der Waals surface area contributed by atoms with Crippen LogP contribution in [0.4, 0.5) is 0 Å². The van der Waals surface area contributed by atoms with Crippen LogP contribution in [-0.4, -0.2) is 23.9 Å². The van der Waals surface area contributed by atoms with Crippen LogP contribution in [-0.2, 0) is 7.05 Å². The number of hydrogen-bond donors (Lipinski definition) is 1. The van der Waals surface area contributed by atoms with Gasteiger partial charge in [0.25, 0.3) is 5.56 Å². The van der Waals surface area contributed by atoms with Crippen LogP contribution < -0.4 is 15.0 Å². The molecule has 4 rings (SSSR count). The number of methoxy groups -OCH3 is 2. The molecule has 3 aromatic rings. The fraction of sp³-hybridized carbons (Fsp3) is 0.211. The maximum atomic E-state index is 12.9. The third-order valence-corrected chi connectivity index (χ3v) is 4.72. The number of ether oxygens (including phenoxy) is 2.